The Morgan fingerprint density at radius 2 is 1.89 bits per heavy atom. The minimum absolute atomic E-state index is 0.00724. The number of rotatable bonds is 2. The summed E-state index contributed by atoms with van der Waals surface area (Å²) in [5.41, 5.74) is 1.57. The van der Waals surface area contributed by atoms with Gasteiger partial charge in [0.2, 0.25) is 0 Å². The topological polar surface area (TPSA) is 33.1 Å². The van der Waals surface area contributed by atoms with E-state index in [2.05, 4.69) is 4.98 Å². The number of aliphatic hydroxyl groups excluding tert-OH is 1. The summed E-state index contributed by atoms with van der Waals surface area (Å²) in [4.78, 5) is 4.25. The lowest BCUT2D eigenvalue weighted by Crippen LogP contribution is -1.97. The van der Waals surface area contributed by atoms with E-state index in [1.807, 2.05) is 0 Å². The molecule has 18 heavy (non-hydrogen) atoms. The first kappa shape index (κ1) is 13.3. The summed E-state index contributed by atoms with van der Waals surface area (Å²) in [5.74, 6) is -0.497. The summed E-state index contributed by atoms with van der Waals surface area (Å²) < 4.78 is 13.1. The molecule has 1 unspecified atom stereocenters. The van der Waals surface area contributed by atoms with Crippen molar-refractivity contribution < 1.29 is 9.50 Å². The van der Waals surface area contributed by atoms with E-state index in [4.69, 9.17) is 23.2 Å². The maximum atomic E-state index is 13.1. The summed E-state index contributed by atoms with van der Waals surface area (Å²) in [6.07, 6.45) is -0.697. The first-order valence-corrected chi connectivity index (χ1v) is 6.04. The second kappa shape index (κ2) is 5.22. The SMILES string of the molecule is CC(O)c1ccc(Cl)c(-c2ccc(F)c(Cl)c2)n1. The number of hydrogen-bond donors (Lipinski definition) is 1. The third-order valence-electron chi connectivity index (χ3n) is 2.49. The molecule has 0 aliphatic rings. The van der Waals surface area contributed by atoms with Crippen molar-refractivity contribution in [3.63, 3.8) is 0 Å². The lowest BCUT2D eigenvalue weighted by molar-refractivity contribution is 0.194. The molecule has 1 heterocycles. The fourth-order valence-corrected chi connectivity index (χ4v) is 1.93. The number of nitrogens with zero attached hydrogens (tertiary/aromatic N) is 1. The summed E-state index contributed by atoms with van der Waals surface area (Å²) in [5, 5.41) is 9.92. The first-order valence-electron chi connectivity index (χ1n) is 5.29. The van der Waals surface area contributed by atoms with Crippen molar-refractivity contribution in [1.29, 1.82) is 0 Å². The summed E-state index contributed by atoms with van der Waals surface area (Å²) >= 11 is 11.8. The quantitative estimate of drug-likeness (QED) is 0.895. The molecule has 0 saturated heterocycles. The Morgan fingerprint density at radius 1 is 1.17 bits per heavy atom. The molecule has 0 amide bonds. The van der Waals surface area contributed by atoms with Crippen LogP contribution in [0.2, 0.25) is 10.0 Å². The Balaban J connectivity index is 2.55. The summed E-state index contributed by atoms with van der Waals surface area (Å²) in [7, 11) is 0. The Morgan fingerprint density at radius 3 is 2.50 bits per heavy atom. The van der Waals surface area contributed by atoms with Gasteiger partial charge in [0.05, 0.1) is 27.5 Å². The van der Waals surface area contributed by atoms with E-state index >= 15 is 0 Å². The normalized spacial score (nSPS) is 12.5. The number of aliphatic hydroxyl groups is 1. The molecule has 1 atom stereocenters. The lowest BCUT2D eigenvalue weighted by atomic mass is 10.1. The first-order chi connectivity index (χ1) is 8.49. The van der Waals surface area contributed by atoms with Gasteiger partial charge in [-0.2, -0.15) is 0 Å². The van der Waals surface area contributed by atoms with Crippen LogP contribution in [0.25, 0.3) is 11.3 Å². The highest BCUT2D eigenvalue weighted by Gasteiger charge is 2.11. The lowest BCUT2D eigenvalue weighted by Gasteiger charge is -2.09. The number of benzene rings is 1. The van der Waals surface area contributed by atoms with E-state index in [1.54, 1.807) is 25.1 Å². The molecule has 2 nitrogen and oxygen atoms in total. The Kier molecular flexibility index (Phi) is 3.85. The maximum Gasteiger partial charge on any atom is 0.141 e. The van der Waals surface area contributed by atoms with E-state index < -0.39 is 11.9 Å². The van der Waals surface area contributed by atoms with Crippen LogP contribution in [0.3, 0.4) is 0 Å². The van der Waals surface area contributed by atoms with E-state index in [-0.39, 0.29) is 5.02 Å². The van der Waals surface area contributed by atoms with Gasteiger partial charge in [-0.1, -0.05) is 23.2 Å². The highest BCUT2D eigenvalue weighted by Crippen LogP contribution is 2.30. The number of hydrogen-bond acceptors (Lipinski definition) is 2. The van der Waals surface area contributed by atoms with Gasteiger partial charge in [0.25, 0.3) is 0 Å². The molecular weight excluding hydrogens is 276 g/mol. The van der Waals surface area contributed by atoms with Crippen LogP contribution < -0.4 is 0 Å². The Bertz CT molecular complexity index is 587. The second-order valence-electron chi connectivity index (χ2n) is 3.87. The molecule has 2 rings (SSSR count). The van der Waals surface area contributed by atoms with Gasteiger partial charge in [-0.3, -0.25) is 0 Å². The van der Waals surface area contributed by atoms with Gasteiger partial charge in [0.1, 0.15) is 5.82 Å². The standard InChI is InChI=1S/C13H10Cl2FNO/c1-7(18)12-5-3-9(14)13(17-12)8-2-4-11(16)10(15)6-8/h2-7,18H,1H3. The molecule has 1 aromatic carbocycles. The van der Waals surface area contributed by atoms with Crippen LogP contribution in [0, 0.1) is 5.82 Å². The van der Waals surface area contributed by atoms with Gasteiger partial charge >= 0.3 is 0 Å². The van der Waals surface area contributed by atoms with Crippen LogP contribution in [0.5, 0.6) is 0 Å². The van der Waals surface area contributed by atoms with E-state index in [9.17, 15) is 9.50 Å². The minimum atomic E-state index is -0.697. The molecule has 1 aromatic heterocycles. The van der Waals surface area contributed by atoms with Gasteiger partial charge < -0.3 is 5.11 Å². The average molecular weight is 286 g/mol. The number of halogens is 3. The van der Waals surface area contributed by atoms with Crippen molar-refractivity contribution in [2.45, 2.75) is 13.0 Å². The zero-order valence-electron chi connectivity index (χ0n) is 9.49. The van der Waals surface area contributed by atoms with E-state index in [1.165, 1.54) is 12.1 Å². The molecule has 0 spiro atoms. The van der Waals surface area contributed by atoms with Crippen LogP contribution in [0.4, 0.5) is 4.39 Å². The maximum absolute atomic E-state index is 13.1. The molecular formula is C13H10Cl2FNO. The number of pyridine rings is 1. The Hall–Kier alpha value is -1.16. The van der Waals surface area contributed by atoms with Gasteiger partial charge in [-0.05, 0) is 37.3 Å². The van der Waals surface area contributed by atoms with Crippen LogP contribution in [-0.4, -0.2) is 10.1 Å². The van der Waals surface area contributed by atoms with Crippen molar-refractivity contribution in [3.05, 3.63) is 51.9 Å². The predicted molar refractivity (Wildman–Crippen MR) is 70.3 cm³/mol. The zero-order valence-corrected chi connectivity index (χ0v) is 11.0. The number of aromatic nitrogens is 1. The molecule has 0 bridgehead atoms. The smallest absolute Gasteiger partial charge is 0.141 e. The molecule has 0 fully saturated rings. The molecule has 94 valence electrons. The van der Waals surface area contributed by atoms with Crippen LogP contribution in [0.1, 0.15) is 18.7 Å². The zero-order chi connectivity index (χ0) is 13.3. The summed E-state index contributed by atoms with van der Waals surface area (Å²) in [6.45, 7) is 1.61. The molecule has 2 aromatic rings. The van der Waals surface area contributed by atoms with Crippen LogP contribution in [-0.2, 0) is 0 Å². The largest absolute Gasteiger partial charge is 0.387 e. The third-order valence-corrected chi connectivity index (χ3v) is 3.08. The van der Waals surface area contributed by atoms with Crippen molar-refractivity contribution >= 4 is 23.2 Å². The van der Waals surface area contributed by atoms with Crippen molar-refractivity contribution in [2.75, 3.05) is 0 Å². The summed E-state index contributed by atoms with van der Waals surface area (Å²) in [6, 6.07) is 7.54. The average Bonchev–Trinajstić information content (AvgIpc) is 2.33. The van der Waals surface area contributed by atoms with Crippen LogP contribution in [0.15, 0.2) is 30.3 Å². The van der Waals surface area contributed by atoms with E-state index in [0.717, 1.165) is 0 Å². The second-order valence-corrected chi connectivity index (χ2v) is 4.69. The van der Waals surface area contributed by atoms with Crippen molar-refractivity contribution in [2.24, 2.45) is 0 Å². The molecule has 0 aliphatic carbocycles. The monoisotopic (exact) mass is 285 g/mol. The molecule has 1 N–H and O–H groups in total. The fraction of sp³-hybridized carbons (Fsp3) is 0.154. The van der Waals surface area contributed by atoms with Crippen molar-refractivity contribution in [1.82, 2.24) is 4.98 Å². The molecule has 0 radical (unpaired) electrons. The van der Waals surface area contributed by atoms with Gasteiger partial charge in [-0.25, -0.2) is 9.37 Å². The third kappa shape index (κ3) is 2.64. The molecule has 5 heteroatoms. The van der Waals surface area contributed by atoms with E-state index in [0.29, 0.717) is 22.0 Å². The highest BCUT2D eigenvalue weighted by molar-refractivity contribution is 6.33. The van der Waals surface area contributed by atoms with Gasteiger partial charge in [0, 0.05) is 5.56 Å². The Labute approximate surface area is 114 Å². The van der Waals surface area contributed by atoms with Crippen molar-refractivity contribution in [3.8, 4) is 11.3 Å². The van der Waals surface area contributed by atoms with Gasteiger partial charge in [-0.15, -0.1) is 0 Å². The fourth-order valence-electron chi connectivity index (χ4n) is 1.54. The predicted octanol–water partition coefficient (Wildman–Crippen LogP) is 4.25. The minimum Gasteiger partial charge on any atom is -0.387 e. The van der Waals surface area contributed by atoms with Gasteiger partial charge in [0.15, 0.2) is 0 Å². The van der Waals surface area contributed by atoms with Crippen LogP contribution >= 0.6 is 23.2 Å². The molecule has 0 saturated carbocycles. The molecule has 0 aliphatic heterocycles. The highest BCUT2D eigenvalue weighted by atomic mass is 35.5.